The van der Waals surface area contributed by atoms with Crippen molar-refractivity contribution in [1.29, 1.82) is 0 Å². The van der Waals surface area contributed by atoms with Crippen LogP contribution in [0.4, 0.5) is 13.2 Å². The monoisotopic (exact) mass is 419 g/mol. The number of halogens is 4. The summed E-state index contributed by atoms with van der Waals surface area (Å²) in [5.74, 6) is -2.06. The smallest absolute Gasteiger partial charge is 0.446 e. The highest BCUT2D eigenvalue weighted by Crippen LogP contribution is 2.39. The molecule has 7 nitrogen and oxygen atoms in total. The second-order valence-electron chi connectivity index (χ2n) is 5.91. The van der Waals surface area contributed by atoms with Gasteiger partial charge in [-0.3, -0.25) is 0 Å². The Kier molecular flexibility index (Phi) is 5.80. The summed E-state index contributed by atoms with van der Waals surface area (Å²) in [7, 11) is 0. The largest absolute Gasteiger partial charge is 0.462 e. The predicted octanol–water partition coefficient (Wildman–Crippen LogP) is 2.63. The van der Waals surface area contributed by atoms with Crippen LogP contribution in [0.2, 0.25) is 5.02 Å². The molecule has 1 fully saturated rings. The van der Waals surface area contributed by atoms with Gasteiger partial charge in [-0.15, -0.1) is 0 Å². The molecule has 0 saturated carbocycles. The lowest BCUT2D eigenvalue weighted by Gasteiger charge is -2.35. The Morgan fingerprint density at radius 3 is 2.64 bits per heavy atom. The number of ether oxygens (including phenoxy) is 3. The number of carbonyl (C=O) groups excluding carboxylic acids is 1. The third-order valence-electron chi connectivity index (χ3n) is 4.02. The number of hydrogen-bond acceptors (Lipinski definition) is 7. The maximum absolute atomic E-state index is 14.0. The summed E-state index contributed by atoms with van der Waals surface area (Å²) in [4.78, 5) is 20.9. The summed E-state index contributed by atoms with van der Waals surface area (Å²) in [6, 6.07) is 5.56. The fourth-order valence-electron chi connectivity index (χ4n) is 2.64. The van der Waals surface area contributed by atoms with Gasteiger partial charge in [0.15, 0.2) is 0 Å². The minimum atomic E-state index is -5.15. The topological polar surface area (TPSA) is 72.7 Å². The van der Waals surface area contributed by atoms with E-state index in [0.29, 0.717) is 0 Å². The number of nitrogens with zero attached hydrogens (tertiary/aromatic N) is 3. The maximum atomic E-state index is 14.0. The summed E-state index contributed by atoms with van der Waals surface area (Å²) in [5.41, 5.74) is -3.29. The van der Waals surface area contributed by atoms with Crippen molar-refractivity contribution in [3.8, 4) is 0 Å². The van der Waals surface area contributed by atoms with Crippen molar-refractivity contribution in [2.24, 2.45) is 9.98 Å². The first-order valence-corrected chi connectivity index (χ1v) is 8.85. The number of morpholine rings is 1. The molecule has 152 valence electrons. The average molecular weight is 420 g/mol. The zero-order valence-corrected chi connectivity index (χ0v) is 15.6. The summed E-state index contributed by atoms with van der Waals surface area (Å²) in [6.45, 7) is 2.20. The Hall–Kier alpha value is -2.33. The number of esters is 1. The van der Waals surface area contributed by atoms with Crippen molar-refractivity contribution in [1.82, 2.24) is 4.90 Å². The molecule has 0 radical (unpaired) electrons. The highest BCUT2D eigenvalue weighted by molar-refractivity contribution is 6.31. The first-order chi connectivity index (χ1) is 13.3. The zero-order valence-electron chi connectivity index (χ0n) is 14.8. The van der Waals surface area contributed by atoms with Gasteiger partial charge in [0.25, 0.3) is 6.02 Å². The lowest BCUT2D eigenvalue weighted by Crippen LogP contribution is -2.56. The van der Waals surface area contributed by atoms with Crippen LogP contribution in [0.3, 0.4) is 0 Å². The first-order valence-electron chi connectivity index (χ1n) is 8.47. The fourth-order valence-corrected chi connectivity index (χ4v) is 2.83. The van der Waals surface area contributed by atoms with E-state index in [4.69, 9.17) is 21.1 Å². The van der Waals surface area contributed by atoms with Crippen molar-refractivity contribution < 1.29 is 32.2 Å². The number of amidine groups is 1. The van der Waals surface area contributed by atoms with Crippen molar-refractivity contribution in [3.63, 3.8) is 0 Å². The van der Waals surface area contributed by atoms with E-state index >= 15 is 0 Å². The van der Waals surface area contributed by atoms with Gasteiger partial charge in [0.1, 0.15) is 0 Å². The normalized spacial score (nSPS) is 22.8. The molecule has 0 spiro atoms. The van der Waals surface area contributed by atoms with Gasteiger partial charge in [-0.05, 0) is 25.1 Å². The molecular weight excluding hydrogens is 403 g/mol. The van der Waals surface area contributed by atoms with Crippen LogP contribution in [0, 0.1) is 0 Å². The minimum Gasteiger partial charge on any atom is -0.462 e. The van der Waals surface area contributed by atoms with Gasteiger partial charge in [0, 0.05) is 23.7 Å². The van der Waals surface area contributed by atoms with Crippen LogP contribution in [0.1, 0.15) is 12.5 Å². The van der Waals surface area contributed by atoms with Crippen LogP contribution in [0.25, 0.3) is 0 Å². The molecule has 0 unspecified atom stereocenters. The van der Waals surface area contributed by atoms with E-state index in [-0.39, 0.29) is 49.5 Å². The quantitative estimate of drug-likeness (QED) is 0.704. The molecular formula is C17H17ClF3N3O4. The lowest BCUT2D eigenvalue weighted by atomic mass is 10.1. The maximum Gasteiger partial charge on any atom is 0.446 e. The molecule has 0 aliphatic carbocycles. The van der Waals surface area contributed by atoms with Crippen LogP contribution in [0.5, 0.6) is 0 Å². The number of benzene rings is 1. The number of rotatable bonds is 3. The number of carbonyl (C=O) groups is 1. The average Bonchev–Trinajstić information content (AvgIpc) is 2.67. The van der Waals surface area contributed by atoms with Crippen LogP contribution < -0.4 is 0 Å². The van der Waals surface area contributed by atoms with Crippen molar-refractivity contribution in [2.45, 2.75) is 18.8 Å². The fraction of sp³-hybridized carbons (Fsp3) is 0.471. The third kappa shape index (κ3) is 3.93. The van der Waals surface area contributed by atoms with Gasteiger partial charge >= 0.3 is 17.8 Å². The summed E-state index contributed by atoms with van der Waals surface area (Å²) in [6.07, 6.45) is -5.15. The molecule has 2 aliphatic heterocycles. The molecule has 1 saturated heterocycles. The number of alkyl halides is 3. The Morgan fingerprint density at radius 1 is 1.32 bits per heavy atom. The Balaban J connectivity index is 2.14. The predicted molar refractivity (Wildman–Crippen MR) is 94.3 cm³/mol. The molecule has 0 amide bonds. The van der Waals surface area contributed by atoms with E-state index < -0.39 is 23.7 Å². The number of hydrogen-bond donors (Lipinski definition) is 0. The second kappa shape index (κ2) is 7.96. The highest BCUT2D eigenvalue weighted by Gasteiger charge is 2.65. The lowest BCUT2D eigenvalue weighted by molar-refractivity contribution is -0.204. The summed E-state index contributed by atoms with van der Waals surface area (Å²) < 4.78 is 57.5. The van der Waals surface area contributed by atoms with Gasteiger partial charge < -0.3 is 19.1 Å². The minimum absolute atomic E-state index is 0.172. The van der Waals surface area contributed by atoms with Crippen LogP contribution >= 0.6 is 11.6 Å². The van der Waals surface area contributed by atoms with Crippen LogP contribution in [-0.2, 0) is 19.0 Å². The van der Waals surface area contributed by atoms with Crippen LogP contribution in [-0.4, -0.2) is 67.5 Å². The van der Waals surface area contributed by atoms with Gasteiger partial charge in [0.2, 0.25) is 5.90 Å². The van der Waals surface area contributed by atoms with Gasteiger partial charge in [-0.2, -0.15) is 23.2 Å². The van der Waals surface area contributed by atoms with E-state index in [1.54, 1.807) is 6.07 Å². The van der Waals surface area contributed by atoms with Crippen LogP contribution in [0.15, 0.2) is 34.3 Å². The van der Waals surface area contributed by atoms with Gasteiger partial charge in [0.05, 0.1) is 19.8 Å². The van der Waals surface area contributed by atoms with Gasteiger partial charge in [-0.1, -0.05) is 17.7 Å². The molecule has 1 atom stereocenters. The van der Waals surface area contributed by atoms with E-state index in [0.717, 1.165) is 0 Å². The van der Waals surface area contributed by atoms with Gasteiger partial charge in [-0.25, -0.2) is 4.79 Å². The van der Waals surface area contributed by atoms with Crippen molar-refractivity contribution in [3.05, 3.63) is 34.9 Å². The van der Waals surface area contributed by atoms with E-state index in [2.05, 4.69) is 14.7 Å². The Labute approximate surface area is 163 Å². The summed E-state index contributed by atoms with van der Waals surface area (Å²) in [5, 5.41) is 0.271. The standard InChI is InChI=1S/C17H17ClF3N3O4/c1-2-27-14(25)16(17(19,20)21)22-13(11-4-3-5-12(18)10-11)28-15(23-16)24-6-8-26-9-7-24/h3-5,10H,2,6-9H2,1H3/t16-/m0/s1. The molecule has 2 aliphatic rings. The first kappa shape index (κ1) is 20.4. The molecule has 0 N–H and O–H groups in total. The molecule has 1 aromatic carbocycles. The molecule has 0 aromatic heterocycles. The highest BCUT2D eigenvalue weighted by atomic mass is 35.5. The molecule has 2 heterocycles. The van der Waals surface area contributed by atoms with Crippen molar-refractivity contribution >= 4 is 29.5 Å². The third-order valence-corrected chi connectivity index (χ3v) is 4.25. The Bertz CT molecular complexity index is 809. The Morgan fingerprint density at radius 2 is 2.04 bits per heavy atom. The van der Waals surface area contributed by atoms with Crippen molar-refractivity contribution in [2.75, 3.05) is 32.9 Å². The SMILES string of the molecule is CCOC(=O)[C@]1(C(F)(F)F)N=C(c2cccc(Cl)c2)OC(N2CCOCC2)=N1. The number of aliphatic imine (C=N–C) groups is 2. The van der Waals surface area contributed by atoms with E-state index in [9.17, 15) is 18.0 Å². The van der Waals surface area contributed by atoms with E-state index in [1.165, 1.54) is 30.0 Å². The molecule has 1 aromatic rings. The van der Waals surface area contributed by atoms with E-state index in [1.807, 2.05) is 0 Å². The zero-order chi connectivity index (χ0) is 20.4. The second-order valence-corrected chi connectivity index (χ2v) is 6.35. The molecule has 28 heavy (non-hydrogen) atoms. The summed E-state index contributed by atoms with van der Waals surface area (Å²) >= 11 is 5.94. The molecule has 0 bridgehead atoms. The molecule has 11 heteroatoms. The molecule has 3 rings (SSSR count).